The molecule has 3 nitrogen and oxygen atoms in total. The van der Waals surface area contributed by atoms with Crippen LogP contribution in [0.3, 0.4) is 0 Å². The summed E-state index contributed by atoms with van der Waals surface area (Å²) < 4.78 is 2.17. The molecular formula is C14H18ClN3. The number of nitrogens with zero attached hydrogens (tertiary/aromatic N) is 2. The van der Waals surface area contributed by atoms with E-state index in [2.05, 4.69) is 16.5 Å². The number of nitrogens with two attached hydrogens (primary N) is 1. The molecule has 18 heavy (non-hydrogen) atoms. The Morgan fingerprint density at radius 3 is 2.83 bits per heavy atom. The third-order valence-electron chi connectivity index (χ3n) is 4.17. The number of imidazole rings is 1. The monoisotopic (exact) mass is 263 g/mol. The lowest BCUT2D eigenvalue weighted by Gasteiger charge is -2.22. The van der Waals surface area contributed by atoms with E-state index < -0.39 is 0 Å². The summed E-state index contributed by atoms with van der Waals surface area (Å²) in [5.74, 6) is 1.33. The second kappa shape index (κ2) is 4.47. The van der Waals surface area contributed by atoms with Crippen molar-refractivity contribution in [3.8, 4) is 0 Å². The highest BCUT2D eigenvalue weighted by atomic mass is 35.5. The Hall–Kier alpha value is -1.22. The number of benzene rings is 1. The van der Waals surface area contributed by atoms with Crippen LogP contribution in [0.2, 0.25) is 5.02 Å². The Morgan fingerprint density at radius 1 is 1.39 bits per heavy atom. The predicted octanol–water partition coefficient (Wildman–Crippen LogP) is 4.02. The number of hydrogen-bond donors (Lipinski definition) is 1. The second-order valence-electron chi connectivity index (χ2n) is 5.26. The van der Waals surface area contributed by atoms with Crippen LogP contribution >= 0.6 is 11.6 Å². The largest absolute Gasteiger partial charge is 0.369 e. The fraction of sp³-hybridized carbons (Fsp3) is 0.500. The maximum atomic E-state index is 6.08. The van der Waals surface area contributed by atoms with E-state index in [1.807, 2.05) is 18.2 Å². The molecule has 1 atom stereocenters. The molecule has 2 N–H and O–H groups in total. The van der Waals surface area contributed by atoms with Crippen molar-refractivity contribution >= 4 is 28.6 Å². The summed E-state index contributed by atoms with van der Waals surface area (Å²) in [7, 11) is 0. The molecule has 1 fully saturated rings. The van der Waals surface area contributed by atoms with Crippen LogP contribution in [0.1, 0.15) is 38.6 Å². The molecule has 0 bridgehead atoms. The highest BCUT2D eigenvalue weighted by molar-refractivity contribution is 6.31. The predicted molar refractivity (Wildman–Crippen MR) is 75.8 cm³/mol. The maximum absolute atomic E-state index is 6.08. The molecule has 0 aliphatic heterocycles. The molecule has 1 heterocycles. The van der Waals surface area contributed by atoms with Gasteiger partial charge in [0, 0.05) is 11.1 Å². The summed E-state index contributed by atoms with van der Waals surface area (Å²) in [6.07, 6.45) is 5.28. The van der Waals surface area contributed by atoms with Gasteiger partial charge in [0.15, 0.2) is 0 Å². The summed E-state index contributed by atoms with van der Waals surface area (Å²) in [4.78, 5) is 4.42. The first-order valence-corrected chi connectivity index (χ1v) is 6.97. The van der Waals surface area contributed by atoms with Crippen LogP contribution in [-0.4, -0.2) is 9.55 Å². The molecule has 4 heteroatoms. The summed E-state index contributed by atoms with van der Waals surface area (Å²) in [5.41, 5.74) is 8.07. The fourth-order valence-corrected chi connectivity index (χ4v) is 3.34. The molecule has 1 aromatic carbocycles. The van der Waals surface area contributed by atoms with Crippen molar-refractivity contribution < 1.29 is 0 Å². The SMILES string of the molecule is CC(C1CCCC1)n1c(N)nc2cc(Cl)ccc21. The molecule has 2 aromatic rings. The molecule has 0 amide bonds. The zero-order valence-electron chi connectivity index (χ0n) is 10.6. The Morgan fingerprint density at radius 2 is 2.11 bits per heavy atom. The van der Waals surface area contributed by atoms with Crippen LogP contribution in [0.25, 0.3) is 11.0 Å². The molecule has 0 saturated heterocycles. The van der Waals surface area contributed by atoms with Crippen molar-refractivity contribution in [1.82, 2.24) is 9.55 Å². The number of rotatable bonds is 2. The third-order valence-corrected chi connectivity index (χ3v) is 4.40. The number of halogens is 1. The molecule has 0 spiro atoms. The molecular weight excluding hydrogens is 246 g/mol. The van der Waals surface area contributed by atoms with Gasteiger partial charge in [-0.15, -0.1) is 0 Å². The van der Waals surface area contributed by atoms with Crippen LogP contribution in [0, 0.1) is 5.92 Å². The van der Waals surface area contributed by atoms with Crippen LogP contribution in [0.15, 0.2) is 18.2 Å². The summed E-state index contributed by atoms with van der Waals surface area (Å²) >= 11 is 6.00. The first-order chi connectivity index (χ1) is 8.66. The van der Waals surface area contributed by atoms with Crippen molar-refractivity contribution in [3.05, 3.63) is 23.2 Å². The molecule has 96 valence electrons. The minimum Gasteiger partial charge on any atom is -0.369 e. The molecule has 1 aliphatic rings. The van der Waals surface area contributed by atoms with E-state index in [1.165, 1.54) is 25.7 Å². The van der Waals surface area contributed by atoms with E-state index in [9.17, 15) is 0 Å². The number of hydrogen-bond acceptors (Lipinski definition) is 2. The first-order valence-electron chi connectivity index (χ1n) is 6.60. The minimum absolute atomic E-state index is 0.415. The van der Waals surface area contributed by atoms with E-state index in [1.54, 1.807) is 0 Å². The zero-order valence-corrected chi connectivity index (χ0v) is 11.3. The van der Waals surface area contributed by atoms with E-state index in [-0.39, 0.29) is 0 Å². The second-order valence-corrected chi connectivity index (χ2v) is 5.69. The lowest BCUT2D eigenvalue weighted by atomic mass is 9.99. The van der Waals surface area contributed by atoms with Gasteiger partial charge < -0.3 is 10.3 Å². The van der Waals surface area contributed by atoms with Crippen molar-refractivity contribution in [2.45, 2.75) is 38.6 Å². The van der Waals surface area contributed by atoms with Crippen molar-refractivity contribution in [3.63, 3.8) is 0 Å². The molecule has 3 rings (SSSR count). The summed E-state index contributed by atoms with van der Waals surface area (Å²) in [6, 6.07) is 6.22. The molecule has 1 saturated carbocycles. The molecule has 0 radical (unpaired) electrons. The highest BCUT2D eigenvalue weighted by Crippen LogP contribution is 2.37. The van der Waals surface area contributed by atoms with E-state index in [0.717, 1.165) is 17.0 Å². The van der Waals surface area contributed by atoms with Gasteiger partial charge in [0.1, 0.15) is 0 Å². The normalized spacial score (nSPS) is 18.6. The Bertz CT molecular complexity index is 570. The maximum Gasteiger partial charge on any atom is 0.201 e. The van der Waals surface area contributed by atoms with Crippen LogP contribution in [0.4, 0.5) is 5.95 Å². The lowest BCUT2D eigenvalue weighted by molar-refractivity contribution is 0.371. The highest BCUT2D eigenvalue weighted by Gasteiger charge is 2.25. The van der Waals surface area contributed by atoms with Gasteiger partial charge in [-0.25, -0.2) is 4.98 Å². The summed E-state index contributed by atoms with van der Waals surface area (Å²) in [6.45, 7) is 2.25. The lowest BCUT2D eigenvalue weighted by Crippen LogP contribution is -2.16. The van der Waals surface area contributed by atoms with Gasteiger partial charge in [-0.2, -0.15) is 0 Å². The van der Waals surface area contributed by atoms with E-state index in [4.69, 9.17) is 17.3 Å². The fourth-order valence-electron chi connectivity index (χ4n) is 3.17. The smallest absolute Gasteiger partial charge is 0.201 e. The Balaban J connectivity index is 2.07. The van der Waals surface area contributed by atoms with Crippen molar-refractivity contribution in [1.29, 1.82) is 0 Å². The zero-order chi connectivity index (χ0) is 12.7. The van der Waals surface area contributed by atoms with E-state index >= 15 is 0 Å². The van der Waals surface area contributed by atoms with Crippen molar-refractivity contribution in [2.24, 2.45) is 5.92 Å². The minimum atomic E-state index is 0.415. The van der Waals surface area contributed by atoms with E-state index in [0.29, 0.717) is 17.0 Å². The van der Waals surface area contributed by atoms with Gasteiger partial charge in [0.2, 0.25) is 5.95 Å². The Kier molecular flexibility index (Phi) is 2.94. The van der Waals surface area contributed by atoms with Crippen LogP contribution in [0.5, 0.6) is 0 Å². The van der Waals surface area contributed by atoms with Crippen LogP contribution < -0.4 is 5.73 Å². The van der Waals surface area contributed by atoms with Crippen LogP contribution in [-0.2, 0) is 0 Å². The van der Waals surface area contributed by atoms with Crippen molar-refractivity contribution in [2.75, 3.05) is 5.73 Å². The number of anilines is 1. The Labute approximate surface area is 112 Å². The average molecular weight is 264 g/mol. The van der Waals surface area contributed by atoms with Gasteiger partial charge in [-0.3, -0.25) is 0 Å². The standard InChI is InChI=1S/C14H18ClN3/c1-9(10-4-2-3-5-10)18-13-7-6-11(15)8-12(13)17-14(18)16/h6-10H,2-5H2,1H3,(H2,16,17). The quantitative estimate of drug-likeness (QED) is 0.889. The van der Waals surface area contributed by atoms with Gasteiger partial charge in [-0.05, 0) is 43.9 Å². The van der Waals surface area contributed by atoms with Gasteiger partial charge in [0.25, 0.3) is 0 Å². The van der Waals surface area contributed by atoms with Gasteiger partial charge >= 0.3 is 0 Å². The van der Waals surface area contributed by atoms with Gasteiger partial charge in [-0.1, -0.05) is 24.4 Å². The average Bonchev–Trinajstić information content (AvgIpc) is 2.94. The number of aromatic nitrogens is 2. The topological polar surface area (TPSA) is 43.8 Å². The number of fused-ring (bicyclic) bond motifs is 1. The van der Waals surface area contributed by atoms with Gasteiger partial charge in [0.05, 0.1) is 11.0 Å². The summed E-state index contributed by atoms with van der Waals surface area (Å²) in [5, 5.41) is 0.709. The third kappa shape index (κ3) is 1.87. The number of nitrogen functional groups attached to an aromatic ring is 1. The molecule has 1 unspecified atom stereocenters. The first kappa shape index (κ1) is 11.8. The molecule has 1 aromatic heterocycles. The molecule has 1 aliphatic carbocycles.